The summed E-state index contributed by atoms with van der Waals surface area (Å²) in [7, 11) is 2.98. The van der Waals surface area contributed by atoms with E-state index in [2.05, 4.69) is 10.2 Å². The van der Waals surface area contributed by atoms with E-state index in [0.717, 1.165) is 25.4 Å². The van der Waals surface area contributed by atoms with Crippen molar-refractivity contribution in [1.82, 2.24) is 15.1 Å². The van der Waals surface area contributed by atoms with Crippen LogP contribution in [0, 0.1) is 0 Å². The molecule has 0 saturated carbocycles. The van der Waals surface area contributed by atoms with Gasteiger partial charge >= 0.3 is 6.09 Å². The quantitative estimate of drug-likeness (QED) is 0.774. The molecule has 1 aromatic rings. The van der Waals surface area contributed by atoms with Crippen molar-refractivity contribution in [1.29, 1.82) is 0 Å². The molecule has 0 atom stereocenters. The first kappa shape index (κ1) is 18.9. The van der Waals surface area contributed by atoms with Crippen molar-refractivity contribution in [3.63, 3.8) is 0 Å². The van der Waals surface area contributed by atoms with Crippen molar-refractivity contribution in [2.24, 2.45) is 0 Å². The van der Waals surface area contributed by atoms with E-state index >= 15 is 0 Å². The number of hydrogen-bond acceptors (Lipinski definition) is 6. The first-order valence-electron chi connectivity index (χ1n) is 8.21. The van der Waals surface area contributed by atoms with Crippen molar-refractivity contribution in [3.05, 3.63) is 24.3 Å². The third kappa shape index (κ3) is 6.15. The van der Waals surface area contributed by atoms with Crippen LogP contribution in [0.4, 0.5) is 4.79 Å². The number of carbonyl (C=O) groups is 2. The molecule has 1 fully saturated rings. The van der Waals surface area contributed by atoms with Crippen molar-refractivity contribution < 1.29 is 23.8 Å². The Kier molecular flexibility index (Phi) is 7.34. The van der Waals surface area contributed by atoms with Gasteiger partial charge in [-0.15, -0.1) is 0 Å². The minimum Gasteiger partial charge on any atom is -0.497 e. The standard InChI is InChI=1S/C17H25N3O5/c1-23-14-3-5-15(6-4-14)25-13-16(21)18-7-8-19-9-11-20(12-10-19)17(22)24-2/h3-6H,7-13H2,1-2H3,(H,18,21). The second kappa shape index (κ2) is 9.73. The van der Waals surface area contributed by atoms with Crippen LogP contribution in [0.25, 0.3) is 0 Å². The Bertz CT molecular complexity index is 556. The maximum Gasteiger partial charge on any atom is 0.409 e. The van der Waals surface area contributed by atoms with Gasteiger partial charge in [0.2, 0.25) is 0 Å². The highest BCUT2D eigenvalue weighted by atomic mass is 16.5. The van der Waals surface area contributed by atoms with Gasteiger partial charge in [0.1, 0.15) is 11.5 Å². The van der Waals surface area contributed by atoms with Crippen molar-refractivity contribution in [2.45, 2.75) is 0 Å². The van der Waals surface area contributed by atoms with Gasteiger partial charge in [0.05, 0.1) is 14.2 Å². The minimum absolute atomic E-state index is 0.0253. The van der Waals surface area contributed by atoms with Crippen molar-refractivity contribution in [2.75, 3.05) is 60.1 Å². The summed E-state index contributed by atoms with van der Waals surface area (Å²) in [5.41, 5.74) is 0. The van der Waals surface area contributed by atoms with Gasteiger partial charge in [0.15, 0.2) is 6.61 Å². The molecule has 2 rings (SSSR count). The Hall–Kier alpha value is -2.48. The molecule has 0 aromatic heterocycles. The van der Waals surface area contributed by atoms with Crippen LogP contribution in [0.2, 0.25) is 0 Å². The molecule has 25 heavy (non-hydrogen) atoms. The van der Waals surface area contributed by atoms with Crippen LogP contribution in [-0.2, 0) is 9.53 Å². The van der Waals surface area contributed by atoms with Gasteiger partial charge in [-0.2, -0.15) is 0 Å². The Morgan fingerprint density at radius 3 is 2.28 bits per heavy atom. The van der Waals surface area contributed by atoms with Crippen LogP contribution in [0.5, 0.6) is 11.5 Å². The zero-order chi connectivity index (χ0) is 18.1. The third-order valence-electron chi connectivity index (χ3n) is 3.98. The fourth-order valence-corrected chi connectivity index (χ4v) is 2.51. The summed E-state index contributed by atoms with van der Waals surface area (Å²) >= 11 is 0. The molecule has 0 spiro atoms. The molecule has 1 N–H and O–H groups in total. The zero-order valence-corrected chi connectivity index (χ0v) is 14.7. The van der Waals surface area contributed by atoms with Crippen LogP contribution in [0.3, 0.4) is 0 Å². The van der Waals surface area contributed by atoms with Gasteiger partial charge in [-0.1, -0.05) is 0 Å². The number of piperazine rings is 1. The lowest BCUT2D eigenvalue weighted by molar-refractivity contribution is -0.123. The van der Waals surface area contributed by atoms with Crippen LogP contribution in [0.1, 0.15) is 0 Å². The van der Waals surface area contributed by atoms with E-state index in [1.54, 1.807) is 36.3 Å². The third-order valence-corrected chi connectivity index (χ3v) is 3.98. The molecule has 138 valence electrons. The predicted octanol–water partition coefficient (Wildman–Crippen LogP) is 0.574. The first-order valence-corrected chi connectivity index (χ1v) is 8.21. The fourth-order valence-electron chi connectivity index (χ4n) is 2.51. The molecule has 1 aromatic carbocycles. The SMILES string of the molecule is COC(=O)N1CCN(CCNC(=O)COc2ccc(OC)cc2)CC1. The number of amides is 2. The maximum absolute atomic E-state index is 11.8. The number of ether oxygens (including phenoxy) is 3. The van der Waals surface area contributed by atoms with E-state index in [9.17, 15) is 9.59 Å². The smallest absolute Gasteiger partial charge is 0.409 e. The van der Waals surface area contributed by atoms with Crippen LogP contribution >= 0.6 is 0 Å². The summed E-state index contributed by atoms with van der Waals surface area (Å²) in [5, 5.41) is 2.83. The largest absolute Gasteiger partial charge is 0.497 e. The highest BCUT2D eigenvalue weighted by Crippen LogP contribution is 2.16. The highest BCUT2D eigenvalue weighted by molar-refractivity contribution is 5.77. The Morgan fingerprint density at radius 2 is 1.68 bits per heavy atom. The van der Waals surface area contributed by atoms with E-state index < -0.39 is 0 Å². The topological polar surface area (TPSA) is 80.3 Å². The van der Waals surface area contributed by atoms with E-state index in [0.29, 0.717) is 25.4 Å². The van der Waals surface area contributed by atoms with Gasteiger partial charge in [-0.3, -0.25) is 9.69 Å². The highest BCUT2D eigenvalue weighted by Gasteiger charge is 2.21. The number of nitrogens with one attached hydrogen (secondary N) is 1. The zero-order valence-electron chi connectivity index (χ0n) is 14.7. The van der Waals surface area contributed by atoms with Gasteiger partial charge < -0.3 is 24.4 Å². The molecule has 1 saturated heterocycles. The minimum atomic E-state index is -0.288. The predicted molar refractivity (Wildman–Crippen MR) is 91.9 cm³/mol. The normalized spacial score (nSPS) is 14.7. The lowest BCUT2D eigenvalue weighted by Crippen LogP contribution is -2.50. The molecule has 0 unspecified atom stereocenters. The van der Waals surface area contributed by atoms with Crippen LogP contribution in [0.15, 0.2) is 24.3 Å². The van der Waals surface area contributed by atoms with Gasteiger partial charge in [-0.25, -0.2) is 4.79 Å². The summed E-state index contributed by atoms with van der Waals surface area (Å²) in [6.45, 7) is 4.08. The van der Waals surface area contributed by atoms with E-state index in [-0.39, 0.29) is 18.6 Å². The Balaban J connectivity index is 1.58. The summed E-state index contributed by atoms with van der Waals surface area (Å²) in [6.07, 6.45) is -0.288. The molecular weight excluding hydrogens is 326 g/mol. The molecule has 0 bridgehead atoms. The Labute approximate surface area is 147 Å². The fraction of sp³-hybridized carbons (Fsp3) is 0.529. The van der Waals surface area contributed by atoms with Gasteiger partial charge in [-0.05, 0) is 24.3 Å². The van der Waals surface area contributed by atoms with E-state index in [1.807, 2.05) is 0 Å². The molecule has 0 aliphatic carbocycles. The summed E-state index contributed by atoms with van der Waals surface area (Å²) in [5.74, 6) is 1.20. The molecule has 1 aliphatic rings. The Morgan fingerprint density at radius 1 is 1.04 bits per heavy atom. The number of carbonyl (C=O) groups excluding carboxylic acids is 2. The molecule has 0 radical (unpaired) electrons. The first-order chi connectivity index (χ1) is 12.1. The second-order valence-electron chi connectivity index (χ2n) is 5.61. The van der Waals surface area contributed by atoms with Gasteiger partial charge in [0, 0.05) is 39.3 Å². The molecular formula is C17H25N3O5. The molecule has 1 aliphatic heterocycles. The second-order valence-corrected chi connectivity index (χ2v) is 5.61. The molecule has 1 heterocycles. The van der Waals surface area contributed by atoms with Crippen molar-refractivity contribution in [3.8, 4) is 11.5 Å². The summed E-state index contributed by atoms with van der Waals surface area (Å²) < 4.78 is 15.2. The molecule has 8 heteroatoms. The summed E-state index contributed by atoms with van der Waals surface area (Å²) in [6, 6.07) is 7.07. The number of nitrogens with zero attached hydrogens (tertiary/aromatic N) is 2. The number of methoxy groups -OCH3 is 2. The summed E-state index contributed by atoms with van der Waals surface area (Å²) in [4.78, 5) is 27.1. The lowest BCUT2D eigenvalue weighted by atomic mass is 10.3. The number of rotatable bonds is 7. The number of benzene rings is 1. The van der Waals surface area contributed by atoms with E-state index in [1.165, 1.54) is 7.11 Å². The molecule has 8 nitrogen and oxygen atoms in total. The maximum atomic E-state index is 11.8. The van der Waals surface area contributed by atoms with Crippen LogP contribution in [-0.4, -0.2) is 81.9 Å². The lowest BCUT2D eigenvalue weighted by Gasteiger charge is -2.33. The molecule has 2 amide bonds. The van der Waals surface area contributed by atoms with Gasteiger partial charge in [0.25, 0.3) is 5.91 Å². The average Bonchev–Trinajstić information content (AvgIpc) is 2.66. The van der Waals surface area contributed by atoms with E-state index in [4.69, 9.17) is 14.2 Å². The monoisotopic (exact) mass is 351 g/mol. The number of hydrogen-bond donors (Lipinski definition) is 1. The van der Waals surface area contributed by atoms with Crippen LogP contribution < -0.4 is 14.8 Å². The average molecular weight is 351 g/mol. The van der Waals surface area contributed by atoms with Crippen molar-refractivity contribution >= 4 is 12.0 Å².